The second kappa shape index (κ2) is 10.4. The zero-order valence-electron chi connectivity index (χ0n) is 19.1. The van der Waals surface area contributed by atoms with Gasteiger partial charge in [-0.3, -0.25) is 0 Å². The van der Waals surface area contributed by atoms with Gasteiger partial charge in [0.25, 0.3) is 0 Å². The van der Waals surface area contributed by atoms with Gasteiger partial charge in [-0.25, -0.2) is 4.79 Å². The molecule has 0 heterocycles. The zero-order valence-corrected chi connectivity index (χ0v) is 19.1. The summed E-state index contributed by atoms with van der Waals surface area (Å²) in [6.07, 6.45) is 10.8. The maximum absolute atomic E-state index is 12.4. The van der Waals surface area contributed by atoms with E-state index in [2.05, 4.69) is 19.1 Å². The number of nitrogen functional groups attached to an aromatic ring is 2. The number of esters is 1. The molecule has 2 aromatic carbocycles. The minimum absolute atomic E-state index is 0.361. The van der Waals surface area contributed by atoms with Gasteiger partial charge in [0.05, 0.1) is 11.7 Å². The van der Waals surface area contributed by atoms with Crippen molar-refractivity contribution in [1.82, 2.24) is 0 Å². The van der Waals surface area contributed by atoms with Crippen molar-refractivity contribution in [3.63, 3.8) is 0 Å². The highest BCUT2D eigenvalue weighted by Crippen LogP contribution is 2.43. The lowest BCUT2D eigenvalue weighted by Gasteiger charge is -2.37. The van der Waals surface area contributed by atoms with Crippen LogP contribution in [-0.2, 0) is 4.74 Å². The van der Waals surface area contributed by atoms with Crippen molar-refractivity contribution in [2.75, 3.05) is 18.1 Å². The van der Waals surface area contributed by atoms with Crippen LogP contribution in [-0.4, -0.2) is 18.7 Å². The van der Waals surface area contributed by atoms with E-state index in [-0.39, 0.29) is 0 Å². The molecule has 4 N–H and O–H groups in total. The SMILES string of the molecule is CCOC1CCC(C2CCC(c3ccc(OC(=O)c4cc(N)cc(N)c4)cc3)CC2)CC1. The summed E-state index contributed by atoms with van der Waals surface area (Å²) in [5.74, 6) is 2.45. The predicted octanol–water partition coefficient (Wildman–Crippen LogP) is 5.94. The number of ether oxygens (including phenoxy) is 2. The smallest absolute Gasteiger partial charge is 0.343 e. The highest BCUT2D eigenvalue weighted by Gasteiger charge is 2.31. The van der Waals surface area contributed by atoms with Gasteiger partial charge in [0.1, 0.15) is 5.75 Å². The molecule has 0 spiro atoms. The first-order valence-electron chi connectivity index (χ1n) is 12.1. The fourth-order valence-corrected chi connectivity index (χ4v) is 5.65. The van der Waals surface area contributed by atoms with Crippen molar-refractivity contribution in [3.05, 3.63) is 53.6 Å². The average Bonchev–Trinajstić information content (AvgIpc) is 2.80. The number of nitrogens with two attached hydrogens (primary N) is 2. The van der Waals surface area contributed by atoms with Crippen molar-refractivity contribution >= 4 is 17.3 Å². The lowest BCUT2D eigenvalue weighted by Crippen LogP contribution is -2.28. The summed E-state index contributed by atoms with van der Waals surface area (Å²) in [7, 11) is 0. The van der Waals surface area contributed by atoms with E-state index in [0.717, 1.165) is 18.4 Å². The maximum atomic E-state index is 12.4. The number of hydrogen-bond donors (Lipinski definition) is 2. The Morgan fingerprint density at radius 3 is 1.97 bits per heavy atom. The number of anilines is 2. The molecule has 2 aliphatic rings. The summed E-state index contributed by atoms with van der Waals surface area (Å²) in [5.41, 5.74) is 14.2. The van der Waals surface area contributed by atoms with Gasteiger partial charge in [0.15, 0.2) is 0 Å². The minimum atomic E-state index is -0.448. The molecule has 0 radical (unpaired) electrons. The molecular weight excluding hydrogens is 400 g/mol. The summed E-state index contributed by atoms with van der Waals surface area (Å²) in [6.45, 7) is 2.94. The van der Waals surface area contributed by atoms with Crippen molar-refractivity contribution in [2.24, 2.45) is 11.8 Å². The lowest BCUT2D eigenvalue weighted by molar-refractivity contribution is 0.0146. The largest absolute Gasteiger partial charge is 0.423 e. The fourth-order valence-electron chi connectivity index (χ4n) is 5.65. The van der Waals surface area contributed by atoms with Crippen LogP contribution in [0.15, 0.2) is 42.5 Å². The number of hydrogen-bond acceptors (Lipinski definition) is 5. The molecule has 0 aromatic heterocycles. The van der Waals surface area contributed by atoms with Crippen LogP contribution in [0.4, 0.5) is 11.4 Å². The van der Waals surface area contributed by atoms with Crippen LogP contribution < -0.4 is 16.2 Å². The number of rotatable bonds is 6. The van der Waals surface area contributed by atoms with E-state index in [1.807, 2.05) is 12.1 Å². The third-order valence-electron chi connectivity index (χ3n) is 7.34. The van der Waals surface area contributed by atoms with E-state index in [0.29, 0.717) is 34.7 Å². The molecule has 32 heavy (non-hydrogen) atoms. The third-order valence-corrected chi connectivity index (χ3v) is 7.34. The van der Waals surface area contributed by atoms with Gasteiger partial charge >= 0.3 is 5.97 Å². The first kappa shape index (κ1) is 22.7. The number of carbonyl (C=O) groups excluding carboxylic acids is 1. The quantitative estimate of drug-likeness (QED) is 0.332. The Labute approximate surface area is 191 Å². The van der Waals surface area contributed by atoms with E-state index >= 15 is 0 Å². The molecule has 0 aliphatic heterocycles. The van der Waals surface area contributed by atoms with Gasteiger partial charge in [-0.2, -0.15) is 0 Å². The molecule has 0 amide bonds. The van der Waals surface area contributed by atoms with Gasteiger partial charge in [0.2, 0.25) is 0 Å². The maximum Gasteiger partial charge on any atom is 0.343 e. The average molecular weight is 437 g/mol. The van der Waals surface area contributed by atoms with Gasteiger partial charge in [-0.15, -0.1) is 0 Å². The normalized spacial score (nSPS) is 25.9. The second-order valence-corrected chi connectivity index (χ2v) is 9.45. The molecule has 172 valence electrons. The van der Waals surface area contributed by atoms with Gasteiger partial charge in [-0.05, 0) is 112 Å². The number of benzene rings is 2. The Kier molecular flexibility index (Phi) is 7.36. The van der Waals surface area contributed by atoms with Crippen molar-refractivity contribution < 1.29 is 14.3 Å². The fraction of sp³-hybridized carbons (Fsp3) is 0.519. The molecule has 0 unspecified atom stereocenters. The standard InChI is InChI=1S/C27H36N2O3/c1-2-31-25-11-7-20(8-12-25)18-3-5-19(6-4-18)21-9-13-26(14-10-21)32-27(30)22-15-23(28)17-24(29)16-22/h9-10,13-20,25H,2-8,11-12,28-29H2,1H3. The Bertz CT molecular complexity index is 875. The monoisotopic (exact) mass is 436 g/mol. The van der Waals surface area contributed by atoms with E-state index < -0.39 is 5.97 Å². The Morgan fingerprint density at radius 1 is 0.844 bits per heavy atom. The number of carbonyl (C=O) groups is 1. The highest BCUT2D eigenvalue weighted by molar-refractivity contribution is 5.93. The van der Waals surface area contributed by atoms with Crippen LogP contribution in [0.5, 0.6) is 5.75 Å². The Morgan fingerprint density at radius 2 is 1.41 bits per heavy atom. The summed E-state index contributed by atoms with van der Waals surface area (Å²) < 4.78 is 11.3. The summed E-state index contributed by atoms with van der Waals surface area (Å²) in [6, 6.07) is 12.8. The van der Waals surface area contributed by atoms with Gasteiger partial charge < -0.3 is 20.9 Å². The molecule has 2 fully saturated rings. The van der Waals surface area contributed by atoms with Crippen LogP contribution >= 0.6 is 0 Å². The van der Waals surface area contributed by atoms with E-state index in [1.54, 1.807) is 18.2 Å². The summed E-state index contributed by atoms with van der Waals surface area (Å²) in [5, 5.41) is 0. The van der Waals surface area contributed by atoms with E-state index in [1.165, 1.54) is 56.9 Å². The summed E-state index contributed by atoms with van der Waals surface area (Å²) >= 11 is 0. The van der Waals surface area contributed by atoms with Crippen LogP contribution in [0.3, 0.4) is 0 Å². The minimum Gasteiger partial charge on any atom is -0.423 e. The van der Waals surface area contributed by atoms with E-state index in [9.17, 15) is 4.79 Å². The Hall–Kier alpha value is -2.53. The van der Waals surface area contributed by atoms with Crippen molar-refractivity contribution in [3.8, 4) is 5.75 Å². The van der Waals surface area contributed by atoms with Crippen LogP contribution in [0, 0.1) is 11.8 Å². The first-order chi connectivity index (χ1) is 15.5. The van der Waals surface area contributed by atoms with Crippen LogP contribution in [0.1, 0.15) is 80.1 Å². The molecule has 5 heteroatoms. The van der Waals surface area contributed by atoms with Crippen LogP contribution in [0.2, 0.25) is 0 Å². The van der Waals surface area contributed by atoms with Crippen molar-refractivity contribution in [2.45, 2.75) is 70.3 Å². The second-order valence-electron chi connectivity index (χ2n) is 9.45. The molecule has 2 aliphatic carbocycles. The lowest BCUT2D eigenvalue weighted by atomic mass is 9.69. The first-order valence-corrected chi connectivity index (χ1v) is 12.1. The van der Waals surface area contributed by atoms with E-state index in [4.69, 9.17) is 20.9 Å². The third kappa shape index (κ3) is 5.63. The highest BCUT2D eigenvalue weighted by atomic mass is 16.5. The molecule has 2 aromatic rings. The molecule has 0 bridgehead atoms. The van der Waals surface area contributed by atoms with Gasteiger partial charge in [-0.1, -0.05) is 12.1 Å². The predicted molar refractivity (Wildman–Crippen MR) is 129 cm³/mol. The van der Waals surface area contributed by atoms with Crippen molar-refractivity contribution in [1.29, 1.82) is 0 Å². The van der Waals surface area contributed by atoms with Crippen LogP contribution in [0.25, 0.3) is 0 Å². The van der Waals surface area contributed by atoms with Gasteiger partial charge in [0, 0.05) is 18.0 Å². The topological polar surface area (TPSA) is 87.6 Å². The molecule has 5 nitrogen and oxygen atoms in total. The molecule has 4 rings (SSSR count). The zero-order chi connectivity index (χ0) is 22.5. The molecular formula is C27H36N2O3. The molecule has 0 saturated heterocycles. The molecule has 2 saturated carbocycles. The summed E-state index contributed by atoms with van der Waals surface area (Å²) in [4.78, 5) is 12.4. The molecule has 0 atom stereocenters. The Balaban J connectivity index is 1.27.